The Morgan fingerprint density at radius 2 is 0.621 bits per heavy atom. The van der Waals surface area contributed by atoms with E-state index in [1.54, 1.807) is 4.57 Å². The minimum atomic E-state index is -0.388. The first-order valence-corrected chi connectivity index (χ1v) is 36.0. The van der Waals surface area contributed by atoms with E-state index in [9.17, 15) is 9.59 Å². The molecule has 0 aliphatic heterocycles. The Hall–Kier alpha value is -9.02. The van der Waals surface area contributed by atoms with Gasteiger partial charge in [-0.2, -0.15) is 0 Å². The minimum absolute atomic E-state index is 0.203. The Morgan fingerprint density at radius 1 is 0.295 bits per heavy atom. The van der Waals surface area contributed by atoms with Crippen molar-refractivity contribution in [1.82, 2.24) is 9.13 Å². The van der Waals surface area contributed by atoms with Crippen molar-refractivity contribution in [3.8, 4) is 39.8 Å². The van der Waals surface area contributed by atoms with Gasteiger partial charge in [-0.25, -0.2) is 4.57 Å². The van der Waals surface area contributed by atoms with Crippen LogP contribution in [-0.2, 0) is 0 Å². The summed E-state index contributed by atoms with van der Waals surface area (Å²) in [6.45, 7) is 15.4. The summed E-state index contributed by atoms with van der Waals surface area (Å²) >= 11 is 0. The van der Waals surface area contributed by atoms with E-state index in [4.69, 9.17) is 18.9 Å². The summed E-state index contributed by atoms with van der Waals surface area (Å²) in [5.41, 5.74) is 1.05. The summed E-state index contributed by atoms with van der Waals surface area (Å²) in [4.78, 5) is 61.2. The number of benzene rings is 13. The van der Waals surface area contributed by atoms with Gasteiger partial charge in [0.25, 0.3) is 22.2 Å². The number of nitrogens with zero attached hydrogens (tertiary/aromatic N) is 2. The third-order valence-corrected chi connectivity index (χ3v) is 21.1. The molecular weight excluding hydrogens is 1180 g/mol. The monoisotopic (exact) mass is 1260 g/mol. The summed E-state index contributed by atoms with van der Waals surface area (Å²) in [7, 11) is 0. The number of unbranched alkanes of at least 4 members (excludes halogenated alkanes) is 12. The Bertz CT molecular complexity index is 5320. The van der Waals surface area contributed by atoms with Crippen LogP contribution in [0.25, 0.3) is 146 Å². The molecule has 0 amide bonds. The second kappa shape index (κ2) is 25.9. The van der Waals surface area contributed by atoms with Crippen LogP contribution in [0.2, 0.25) is 0 Å². The highest BCUT2D eigenvalue weighted by molar-refractivity contribution is 6.50. The van der Waals surface area contributed by atoms with Crippen molar-refractivity contribution < 1.29 is 18.9 Å². The van der Waals surface area contributed by atoms with Gasteiger partial charge in [-0.05, 0) is 161 Å². The quantitative estimate of drug-likeness (QED) is 0.0240. The van der Waals surface area contributed by atoms with Crippen LogP contribution in [0, 0.1) is 0 Å². The van der Waals surface area contributed by atoms with Crippen molar-refractivity contribution in [2.45, 2.75) is 176 Å². The van der Waals surface area contributed by atoms with E-state index >= 15 is 9.59 Å². The fourth-order valence-corrected chi connectivity index (χ4v) is 16.6. The number of rotatable bonds is 31. The van der Waals surface area contributed by atoms with E-state index in [2.05, 4.69) is 84.0 Å². The average molecular weight is 1260 g/mol. The lowest BCUT2D eigenvalue weighted by atomic mass is 9.80. The average Bonchev–Trinajstić information content (AvgIpc) is 1.66. The first-order chi connectivity index (χ1) is 46.7. The molecule has 2 heterocycles. The molecule has 0 unspecified atom stereocenters. The van der Waals surface area contributed by atoms with Crippen LogP contribution in [0.4, 0.5) is 0 Å². The third kappa shape index (κ3) is 9.99. The summed E-state index contributed by atoms with van der Waals surface area (Å²) in [5.74, 6) is 3.21. The smallest absolute Gasteiger partial charge is 0.266 e. The lowest BCUT2D eigenvalue weighted by Crippen LogP contribution is -2.30. The molecule has 10 heteroatoms. The number of ether oxygens (including phenoxy) is 4. The fraction of sp³-hybridized carbons (Fsp3) is 0.365. The minimum Gasteiger partial charge on any atom is -0.493 e. The number of hydrogen-bond acceptors (Lipinski definition) is 8. The molecule has 0 bridgehead atoms. The maximum atomic E-state index is 15.7. The Morgan fingerprint density at radius 3 is 1.02 bits per heavy atom. The summed E-state index contributed by atoms with van der Waals surface area (Å²) in [5, 5.41) is 20.1. The van der Waals surface area contributed by atoms with Crippen LogP contribution >= 0.6 is 0 Å². The molecule has 15 rings (SSSR count). The zero-order valence-corrected chi connectivity index (χ0v) is 56.2. The molecule has 0 saturated heterocycles. The van der Waals surface area contributed by atoms with E-state index in [1.807, 2.05) is 72.8 Å². The molecule has 0 radical (unpaired) electrons. The van der Waals surface area contributed by atoms with Crippen molar-refractivity contribution in [1.29, 1.82) is 0 Å². The highest BCUT2D eigenvalue weighted by Crippen LogP contribution is 2.55. The van der Waals surface area contributed by atoms with Gasteiger partial charge in [0, 0.05) is 38.4 Å². The van der Waals surface area contributed by atoms with Crippen molar-refractivity contribution in [2.24, 2.45) is 0 Å². The number of hydrogen-bond donors (Lipinski definition) is 0. The largest absolute Gasteiger partial charge is 0.493 e. The van der Waals surface area contributed by atoms with E-state index in [1.165, 1.54) is 4.57 Å². The molecule has 0 aliphatic carbocycles. The predicted octanol–water partition coefficient (Wildman–Crippen LogP) is 21.8. The van der Waals surface area contributed by atoms with Crippen LogP contribution in [-0.4, -0.2) is 35.6 Å². The molecule has 0 N–H and O–H groups in total. The zero-order chi connectivity index (χ0) is 65.2. The predicted molar refractivity (Wildman–Crippen MR) is 399 cm³/mol. The van der Waals surface area contributed by atoms with E-state index in [0.717, 1.165) is 259 Å². The lowest BCUT2D eigenvalue weighted by Gasteiger charge is -2.24. The Balaban J connectivity index is 0.942. The number of aromatic nitrogens is 2. The molecule has 0 saturated carbocycles. The summed E-state index contributed by atoms with van der Waals surface area (Å²) < 4.78 is 31.1. The standard InChI is InChI=1S/C85H86N2O8/c1-7-13-17-21-45-92-62-42-33-53-34-43-63(93-46-22-18-14-8-2)79-68(53)78(62)80-64(94-47-23-19-15-9-3)44-41-56-61(49-65(81(79)69(56)80)95-48-24-20-16-10-4)50-27-35-55(36-28-50)87-84(90)76-59-39-31-51-29-37-57-70-66(51)72(59)73-60(77(76)85(87)91)40-32-52-30-38-58(71(70)67(52)73)75-74(57)82(88)86(83(75)89)54(25-11-5)26-12-6/h27-44,49,54H,7-26,45-48H2,1-6H3. The molecule has 0 fully saturated rings. The third-order valence-electron chi connectivity index (χ3n) is 21.1. The van der Waals surface area contributed by atoms with Gasteiger partial charge in [0.05, 0.1) is 53.7 Å². The van der Waals surface area contributed by atoms with Crippen molar-refractivity contribution in [2.75, 3.05) is 26.4 Å². The van der Waals surface area contributed by atoms with Crippen LogP contribution < -0.4 is 41.2 Å². The second-order valence-electron chi connectivity index (χ2n) is 27.1. The fourth-order valence-electron chi connectivity index (χ4n) is 16.6. The topological polar surface area (TPSA) is 115 Å². The lowest BCUT2D eigenvalue weighted by molar-refractivity contribution is 0.305. The first-order valence-electron chi connectivity index (χ1n) is 36.0. The highest BCUT2D eigenvalue weighted by Gasteiger charge is 2.32. The Labute approximate surface area is 553 Å². The molecule has 0 spiro atoms. The zero-order valence-electron chi connectivity index (χ0n) is 56.2. The van der Waals surface area contributed by atoms with Crippen LogP contribution in [0.5, 0.6) is 23.0 Å². The van der Waals surface area contributed by atoms with Gasteiger partial charge in [0.1, 0.15) is 23.0 Å². The maximum Gasteiger partial charge on any atom is 0.266 e. The van der Waals surface area contributed by atoms with Crippen LogP contribution in [0.15, 0.2) is 134 Å². The summed E-state index contributed by atoms with van der Waals surface area (Å²) in [6, 6.07) is 39.2. The Kier molecular flexibility index (Phi) is 17.0. The van der Waals surface area contributed by atoms with Gasteiger partial charge >= 0.3 is 0 Å². The van der Waals surface area contributed by atoms with E-state index in [-0.39, 0.29) is 28.3 Å². The van der Waals surface area contributed by atoms with E-state index < -0.39 is 0 Å². The molecule has 0 aliphatic rings. The molecule has 13 aromatic carbocycles. The van der Waals surface area contributed by atoms with Gasteiger partial charge in [-0.1, -0.05) is 210 Å². The molecular formula is C85H86N2O8. The molecule has 15 aromatic rings. The second-order valence-corrected chi connectivity index (χ2v) is 27.1. The van der Waals surface area contributed by atoms with Gasteiger partial charge < -0.3 is 18.9 Å². The number of fused-ring (bicyclic) bond motifs is 8. The van der Waals surface area contributed by atoms with Crippen molar-refractivity contribution >= 4 is 129 Å². The van der Waals surface area contributed by atoms with Crippen molar-refractivity contribution in [3.05, 3.63) is 157 Å². The maximum absolute atomic E-state index is 15.7. The first kappa shape index (κ1) is 62.1. The van der Waals surface area contributed by atoms with Crippen LogP contribution in [0.3, 0.4) is 0 Å². The van der Waals surface area contributed by atoms with E-state index in [0.29, 0.717) is 64.4 Å². The molecule has 0 atom stereocenters. The van der Waals surface area contributed by atoms with Gasteiger partial charge in [-0.3, -0.25) is 23.7 Å². The molecule has 484 valence electrons. The highest BCUT2D eigenvalue weighted by atomic mass is 16.5. The van der Waals surface area contributed by atoms with Gasteiger partial charge in [0.2, 0.25) is 0 Å². The van der Waals surface area contributed by atoms with Gasteiger partial charge in [-0.15, -0.1) is 0 Å². The molecule has 10 nitrogen and oxygen atoms in total. The normalized spacial score (nSPS) is 12.5. The van der Waals surface area contributed by atoms with Gasteiger partial charge in [0.15, 0.2) is 0 Å². The van der Waals surface area contributed by atoms with Crippen molar-refractivity contribution in [3.63, 3.8) is 0 Å². The van der Waals surface area contributed by atoms with Crippen LogP contribution in [0.1, 0.15) is 176 Å². The summed E-state index contributed by atoms with van der Waals surface area (Å²) in [6.07, 6.45) is 20.4. The molecule has 95 heavy (non-hydrogen) atoms. The molecule has 2 aromatic heterocycles. The SMILES string of the molecule is CCCCCCOc1ccc2ccc(OCCCCCC)c3c4c(OCCCCCC)cc(-c5ccc(-n6c(=O)c7c8ccc9ccc%10c%11c(=O)n(C(CCC)CCC)c(=O)c%11c%11ccc%12ccc(c7c6=O)c6c%12c%11c%10c9c86)cc5)c5ccc(OCCCCCC)c(c1c23)c54.